The number of halogens is 1. The summed E-state index contributed by atoms with van der Waals surface area (Å²) >= 11 is 7.79. The summed E-state index contributed by atoms with van der Waals surface area (Å²) in [5.74, 6) is 0.438. The highest BCUT2D eigenvalue weighted by Gasteiger charge is 2.17. The highest BCUT2D eigenvalue weighted by Crippen LogP contribution is 2.32. The van der Waals surface area contributed by atoms with Gasteiger partial charge in [-0.2, -0.15) is 0 Å². The number of carbonyl (C=O) groups is 2. The van der Waals surface area contributed by atoms with Crippen LogP contribution in [0, 0.1) is 0 Å². The number of aromatic nitrogens is 1. The Bertz CT molecular complexity index is 1100. The number of hydrogen-bond acceptors (Lipinski definition) is 5. The summed E-state index contributed by atoms with van der Waals surface area (Å²) < 4.78 is 5.68. The third kappa shape index (κ3) is 5.66. The highest BCUT2D eigenvalue weighted by molar-refractivity contribution is 7.13. The van der Waals surface area contributed by atoms with Gasteiger partial charge in [-0.05, 0) is 51.1 Å². The molecule has 168 valence electrons. The number of benzene rings is 2. The topological polar surface area (TPSA) is 71.5 Å². The molecule has 6 nitrogen and oxygen atoms in total. The summed E-state index contributed by atoms with van der Waals surface area (Å²) in [6, 6.07) is 12.6. The van der Waals surface area contributed by atoms with Crippen LogP contribution in [0.5, 0.6) is 5.75 Å². The van der Waals surface area contributed by atoms with Gasteiger partial charge in [-0.25, -0.2) is 4.98 Å². The molecule has 0 aliphatic carbocycles. The van der Waals surface area contributed by atoms with E-state index in [0.717, 1.165) is 16.3 Å². The van der Waals surface area contributed by atoms with Crippen LogP contribution in [0.15, 0.2) is 47.8 Å². The molecule has 0 radical (unpaired) electrons. The summed E-state index contributed by atoms with van der Waals surface area (Å²) in [5.41, 5.74) is 2.54. The normalized spacial score (nSPS) is 10.6. The van der Waals surface area contributed by atoms with Crippen molar-refractivity contribution in [3.05, 3.63) is 64.1 Å². The summed E-state index contributed by atoms with van der Waals surface area (Å²) in [7, 11) is 0. The lowest BCUT2D eigenvalue weighted by Crippen LogP contribution is -2.30. The molecule has 2 aromatic carbocycles. The molecule has 0 saturated heterocycles. The lowest BCUT2D eigenvalue weighted by Gasteiger charge is -2.19. The van der Waals surface area contributed by atoms with Crippen LogP contribution in [-0.4, -0.2) is 41.4 Å². The molecule has 0 bridgehead atoms. The molecular weight excluding hydrogens is 446 g/mol. The largest absolute Gasteiger partial charge is 0.493 e. The standard InChI is InChI=1S/C24H26ClN3O3S/c1-4-28(5-2)24(30)18-12-11-16(13-20(18)25)26-22(29)14-17-15-32-23(27-17)19-9-7-8-10-21(19)31-6-3/h7-13,15H,4-6,14H2,1-3H3,(H,26,29). The smallest absolute Gasteiger partial charge is 0.255 e. The van der Waals surface area contributed by atoms with E-state index in [0.29, 0.717) is 41.7 Å². The Hall–Kier alpha value is -2.90. The minimum Gasteiger partial charge on any atom is -0.493 e. The van der Waals surface area contributed by atoms with Gasteiger partial charge in [0.25, 0.3) is 5.91 Å². The first-order chi connectivity index (χ1) is 15.5. The zero-order valence-corrected chi connectivity index (χ0v) is 19.9. The van der Waals surface area contributed by atoms with Gasteiger partial charge in [0.2, 0.25) is 5.91 Å². The quantitative estimate of drug-likeness (QED) is 0.445. The molecule has 0 fully saturated rings. The minimum absolute atomic E-state index is 0.125. The molecule has 0 aliphatic heterocycles. The van der Waals surface area contributed by atoms with Gasteiger partial charge in [-0.15, -0.1) is 11.3 Å². The number of para-hydroxylation sites is 1. The number of nitrogens with zero attached hydrogens (tertiary/aromatic N) is 2. The van der Waals surface area contributed by atoms with Crippen molar-refractivity contribution in [2.45, 2.75) is 27.2 Å². The number of carbonyl (C=O) groups excluding carboxylic acids is 2. The van der Waals surface area contributed by atoms with E-state index in [-0.39, 0.29) is 18.2 Å². The molecule has 0 saturated carbocycles. The van der Waals surface area contributed by atoms with Crippen LogP contribution in [0.2, 0.25) is 5.02 Å². The molecule has 0 unspecified atom stereocenters. The van der Waals surface area contributed by atoms with Crippen molar-refractivity contribution in [3.8, 4) is 16.3 Å². The van der Waals surface area contributed by atoms with Gasteiger partial charge in [0.15, 0.2) is 0 Å². The first kappa shape index (κ1) is 23.8. The maximum atomic E-state index is 12.5. The molecule has 2 amide bonds. The molecule has 1 heterocycles. The zero-order chi connectivity index (χ0) is 23.1. The summed E-state index contributed by atoms with van der Waals surface area (Å²) in [5, 5.41) is 5.81. The van der Waals surface area contributed by atoms with Gasteiger partial charge in [-0.3, -0.25) is 9.59 Å². The van der Waals surface area contributed by atoms with Crippen LogP contribution in [-0.2, 0) is 11.2 Å². The summed E-state index contributed by atoms with van der Waals surface area (Å²) in [6.45, 7) is 7.56. The Morgan fingerprint density at radius 3 is 2.56 bits per heavy atom. The summed E-state index contributed by atoms with van der Waals surface area (Å²) in [6.07, 6.45) is 0.130. The van der Waals surface area contributed by atoms with Crippen molar-refractivity contribution in [1.29, 1.82) is 0 Å². The van der Waals surface area contributed by atoms with Crippen LogP contribution in [0.3, 0.4) is 0 Å². The Labute approximate surface area is 197 Å². The van der Waals surface area contributed by atoms with E-state index in [1.165, 1.54) is 11.3 Å². The summed E-state index contributed by atoms with van der Waals surface area (Å²) in [4.78, 5) is 31.4. The Morgan fingerprint density at radius 2 is 1.88 bits per heavy atom. The molecule has 0 spiro atoms. The Morgan fingerprint density at radius 1 is 1.12 bits per heavy atom. The van der Waals surface area contributed by atoms with Gasteiger partial charge in [0.1, 0.15) is 10.8 Å². The van der Waals surface area contributed by atoms with Gasteiger partial charge in [0, 0.05) is 24.2 Å². The second-order valence-electron chi connectivity index (χ2n) is 6.97. The molecule has 0 aliphatic rings. The first-order valence-corrected chi connectivity index (χ1v) is 11.8. The number of nitrogens with one attached hydrogen (secondary N) is 1. The van der Waals surface area contributed by atoms with Gasteiger partial charge < -0.3 is 15.0 Å². The van der Waals surface area contributed by atoms with E-state index in [2.05, 4.69) is 10.3 Å². The van der Waals surface area contributed by atoms with Crippen LogP contribution in [0.1, 0.15) is 36.8 Å². The third-order valence-corrected chi connectivity index (χ3v) is 6.08. The predicted molar refractivity (Wildman–Crippen MR) is 130 cm³/mol. The molecule has 0 atom stereocenters. The van der Waals surface area contributed by atoms with Crippen LogP contribution < -0.4 is 10.1 Å². The third-order valence-electron chi connectivity index (χ3n) is 4.84. The number of rotatable bonds is 9. The average Bonchev–Trinajstić information content (AvgIpc) is 3.23. The van der Waals surface area contributed by atoms with Gasteiger partial charge >= 0.3 is 0 Å². The number of amides is 2. The molecular formula is C24H26ClN3O3S. The molecule has 3 aromatic rings. The minimum atomic E-state index is -0.209. The van der Waals surface area contributed by atoms with Gasteiger partial charge in [-0.1, -0.05) is 23.7 Å². The monoisotopic (exact) mass is 471 g/mol. The maximum Gasteiger partial charge on any atom is 0.255 e. The zero-order valence-electron chi connectivity index (χ0n) is 18.4. The van der Waals surface area contributed by atoms with Crippen LogP contribution in [0.4, 0.5) is 5.69 Å². The second-order valence-corrected chi connectivity index (χ2v) is 8.24. The lowest BCUT2D eigenvalue weighted by atomic mass is 10.1. The van der Waals surface area contributed by atoms with E-state index in [1.54, 1.807) is 23.1 Å². The van der Waals surface area contributed by atoms with Gasteiger partial charge in [0.05, 0.1) is 34.9 Å². The number of anilines is 1. The van der Waals surface area contributed by atoms with E-state index < -0.39 is 0 Å². The number of thiazole rings is 1. The molecule has 32 heavy (non-hydrogen) atoms. The highest BCUT2D eigenvalue weighted by atomic mass is 35.5. The number of hydrogen-bond donors (Lipinski definition) is 1. The van der Waals surface area contributed by atoms with E-state index in [9.17, 15) is 9.59 Å². The average molecular weight is 472 g/mol. The molecule has 3 rings (SSSR count). The fraction of sp³-hybridized carbons (Fsp3) is 0.292. The molecule has 1 N–H and O–H groups in total. The van der Waals surface area contributed by atoms with Crippen LogP contribution >= 0.6 is 22.9 Å². The fourth-order valence-corrected chi connectivity index (χ4v) is 4.36. The maximum absolute atomic E-state index is 12.5. The fourth-order valence-electron chi connectivity index (χ4n) is 3.25. The van der Waals surface area contributed by atoms with Crippen molar-refractivity contribution in [3.63, 3.8) is 0 Å². The number of ether oxygens (including phenoxy) is 1. The van der Waals surface area contributed by atoms with E-state index in [1.807, 2.05) is 50.4 Å². The first-order valence-electron chi connectivity index (χ1n) is 10.5. The Balaban J connectivity index is 1.67. The van der Waals surface area contributed by atoms with E-state index >= 15 is 0 Å². The predicted octanol–water partition coefficient (Wildman–Crippen LogP) is 5.53. The van der Waals surface area contributed by atoms with Crippen LogP contribution in [0.25, 0.3) is 10.6 Å². The molecule has 1 aromatic heterocycles. The van der Waals surface area contributed by atoms with E-state index in [4.69, 9.17) is 16.3 Å². The van der Waals surface area contributed by atoms with Crippen molar-refractivity contribution in [1.82, 2.24) is 9.88 Å². The van der Waals surface area contributed by atoms with Crippen molar-refractivity contribution in [2.24, 2.45) is 0 Å². The Kier molecular flexibility index (Phi) is 8.25. The lowest BCUT2D eigenvalue weighted by molar-refractivity contribution is -0.115. The van der Waals surface area contributed by atoms with Crippen molar-refractivity contribution < 1.29 is 14.3 Å². The molecule has 8 heteroatoms. The second kappa shape index (κ2) is 11.1. The SMILES string of the molecule is CCOc1ccccc1-c1nc(CC(=O)Nc2ccc(C(=O)N(CC)CC)c(Cl)c2)cs1. The van der Waals surface area contributed by atoms with Crippen molar-refractivity contribution >= 4 is 40.4 Å². The van der Waals surface area contributed by atoms with Crippen molar-refractivity contribution in [2.75, 3.05) is 25.0 Å².